The van der Waals surface area contributed by atoms with E-state index in [9.17, 15) is 9.59 Å². The fourth-order valence-corrected chi connectivity index (χ4v) is 4.16. The van der Waals surface area contributed by atoms with Crippen molar-refractivity contribution < 1.29 is 19.1 Å². The van der Waals surface area contributed by atoms with Gasteiger partial charge in [0.2, 0.25) is 0 Å². The van der Waals surface area contributed by atoms with Crippen LogP contribution in [0.3, 0.4) is 0 Å². The van der Waals surface area contributed by atoms with E-state index in [1.165, 1.54) is 12.4 Å². The van der Waals surface area contributed by atoms with Crippen molar-refractivity contribution in [3.8, 4) is 11.5 Å². The molecule has 0 saturated carbocycles. The summed E-state index contributed by atoms with van der Waals surface area (Å²) in [5, 5.41) is 8.93. The summed E-state index contributed by atoms with van der Waals surface area (Å²) in [6, 6.07) is 17.1. The number of ether oxygens (including phenoxy) is 2. The highest BCUT2D eigenvalue weighted by Crippen LogP contribution is 2.28. The molecule has 0 saturated heterocycles. The lowest BCUT2D eigenvalue weighted by atomic mass is 10.2. The lowest BCUT2D eigenvalue weighted by Crippen LogP contribution is -2.24. The van der Waals surface area contributed by atoms with Crippen molar-refractivity contribution in [2.24, 2.45) is 10.2 Å². The predicted octanol–water partition coefficient (Wildman–Crippen LogP) is 5.58. The van der Waals surface area contributed by atoms with Gasteiger partial charge in [0.25, 0.3) is 11.8 Å². The van der Waals surface area contributed by atoms with E-state index >= 15 is 0 Å². The van der Waals surface area contributed by atoms with Crippen molar-refractivity contribution in [2.75, 3.05) is 13.2 Å². The lowest BCUT2D eigenvalue weighted by Gasteiger charge is -2.07. The minimum Gasteiger partial charge on any atom is -0.483 e. The van der Waals surface area contributed by atoms with E-state index in [0.717, 1.165) is 11.1 Å². The number of nitrogens with one attached hydrogen (secondary N) is 2. The zero-order valence-electron chi connectivity index (χ0n) is 18.4. The first-order chi connectivity index (χ1) is 17.3. The second-order valence-electron chi connectivity index (χ2n) is 6.98. The smallest absolute Gasteiger partial charge is 0.277 e. The van der Waals surface area contributed by atoms with Crippen LogP contribution in [0.5, 0.6) is 11.5 Å². The first-order valence-electron chi connectivity index (χ1n) is 10.2. The number of hydrogen-bond acceptors (Lipinski definition) is 6. The number of amides is 2. The average Bonchev–Trinajstić information content (AvgIpc) is 2.84. The minimum absolute atomic E-state index is 0.208. The molecule has 0 fully saturated rings. The van der Waals surface area contributed by atoms with E-state index in [1.807, 2.05) is 0 Å². The number of nitrogens with zero attached hydrogens (tertiary/aromatic N) is 2. The van der Waals surface area contributed by atoms with Crippen molar-refractivity contribution in [2.45, 2.75) is 0 Å². The molecule has 0 spiro atoms. The fourth-order valence-electron chi connectivity index (χ4n) is 2.56. The second-order valence-corrected chi connectivity index (χ2v) is 9.56. The summed E-state index contributed by atoms with van der Waals surface area (Å²) in [5.41, 5.74) is 6.28. The Labute approximate surface area is 233 Å². The molecule has 0 aliphatic rings. The molecule has 0 bridgehead atoms. The quantitative estimate of drug-likeness (QED) is 0.220. The van der Waals surface area contributed by atoms with E-state index in [-0.39, 0.29) is 13.2 Å². The SMILES string of the molecule is O=C(COc1ccc(Cl)cc1Br)NN=Cc1ccc(C=NNC(=O)COc2ccc(Cl)cc2Br)cc1. The molecule has 0 radical (unpaired) electrons. The molecule has 0 aromatic heterocycles. The van der Waals surface area contributed by atoms with Crippen LogP contribution in [0.25, 0.3) is 0 Å². The Kier molecular flexibility index (Phi) is 10.7. The Balaban J connectivity index is 1.39. The zero-order chi connectivity index (χ0) is 25.9. The van der Waals surface area contributed by atoms with Gasteiger partial charge in [0.1, 0.15) is 11.5 Å². The summed E-state index contributed by atoms with van der Waals surface area (Å²) >= 11 is 18.4. The lowest BCUT2D eigenvalue weighted by molar-refractivity contribution is -0.123. The van der Waals surface area contributed by atoms with Crippen LogP contribution in [-0.4, -0.2) is 37.5 Å². The highest BCUT2D eigenvalue weighted by molar-refractivity contribution is 9.10. The fraction of sp³-hybridized carbons (Fsp3) is 0.0833. The summed E-state index contributed by atoms with van der Waals surface area (Å²) in [4.78, 5) is 23.8. The zero-order valence-corrected chi connectivity index (χ0v) is 23.1. The summed E-state index contributed by atoms with van der Waals surface area (Å²) in [6.07, 6.45) is 2.98. The molecule has 0 unspecified atom stereocenters. The van der Waals surface area contributed by atoms with E-state index < -0.39 is 11.8 Å². The summed E-state index contributed by atoms with van der Waals surface area (Å²) in [7, 11) is 0. The molecule has 3 rings (SSSR count). The topological polar surface area (TPSA) is 101 Å². The van der Waals surface area contributed by atoms with Crippen LogP contribution < -0.4 is 20.3 Å². The molecular weight excluding hydrogens is 639 g/mol. The highest BCUT2D eigenvalue weighted by Gasteiger charge is 2.06. The Morgan fingerprint density at radius 2 is 1.11 bits per heavy atom. The van der Waals surface area contributed by atoms with E-state index in [1.54, 1.807) is 60.7 Å². The van der Waals surface area contributed by atoms with E-state index in [2.05, 4.69) is 52.9 Å². The van der Waals surface area contributed by atoms with Gasteiger partial charge in [-0.3, -0.25) is 9.59 Å². The molecule has 8 nitrogen and oxygen atoms in total. The third kappa shape index (κ3) is 9.27. The van der Waals surface area contributed by atoms with Crippen molar-refractivity contribution >= 4 is 79.3 Å². The molecular formula is C24H18Br2Cl2N4O4. The molecule has 3 aromatic rings. The summed E-state index contributed by atoms with van der Waals surface area (Å²) in [5.74, 6) is 0.156. The molecule has 0 aliphatic carbocycles. The molecule has 3 aromatic carbocycles. The van der Waals surface area contributed by atoms with Gasteiger partial charge in [-0.05, 0) is 79.4 Å². The maximum absolute atomic E-state index is 11.9. The van der Waals surface area contributed by atoms with Gasteiger partial charge in [0.05, 0.1) is 21.4 Å². The van der Waals surface area contributed by atoms with Gasteiger partial charge in [-0.25, -0.2) is 10.9 Å². The molecule has 0 heterocycles. The summed E-state index contributed by atoms with van der Waals surface area (Å²) < 4.78 is 12.1. The normalized spacial score (nSPS) is 11.0. The van der Waals surface area contributed by atoms with Gasteiger partial charge in [-0.1, -0.05) is 47.5 Å². The Morgan fingerprint density at radius 3 is 1.47 bits per heavy atom. The maximum Gasteiger partial charge on any atom is 0.277 e. The van der Waals surface area contributed by atoms with Gasteiger partial charge in [-0.2, -0.15) is 10.2 Å². The van der Waals surface area contributed by atoms with E-state index in [0.29, 0.717) is 30.5 Å². The highest BCUT2D eigenvalue weighted by atomic mass is 79.9. The minimum atomic E-state index is -0.417. The number of halogens is 4. The van der Waals surface area contributed by atoms with Gasteiger partial charge < -0.3 is 9.47 Å². The Hall–Kier alpha value is -2.92. The average molecular weight is 657 g/mol. The van der Waals surface area contributed by atoms with Crippen LogP contribution in [0.2, 0.25) is 10.0 Å². The van der Waals surface area contributed by atoms with Crippen LogP contribution in [0.1, 0.15) is 11.1 Å². The van der Waals surface area contributed by atoms with E-state index in [4.69, 9.17) is 32.7 Å². The van der Waals surface area contributed by atoms with Crippen LogP contribution in [0.15, 0.2) is 79.8 Å². The largest absolute Gasteiger partial charge is 0.483 e. The van der Waals surface area contributed by atoms with Crippen molar-refractivity contribution in [1.29, 1.82) is 0 Å². The molecule has 0 aliphatic heterocycles. The number of hydrazone groups is 2. The first kappa shape index (κ1) is 27.7. The monoisotopic (exact) mass is 654 g/mol. The third-order valence-electron chi connectivity index (χ3n) is 4.25. The molecule has 36 heavy (non-hydrogen) atoms. The number of hydrogen-bond donors (Lipinski definition) is 2. The Bertz CT molecular complexity index is 1190. The molecule has 12 heteroatoms. The van der Waals surface area contributed by atoms with Crippen LogP contribution in [0.4, 0.5) is 0 Å². The van der Waals surface area contributed by atoms with Crippen LogP contribution in [0, 0.1) is 0 Å². The number of rotatable bonds is 10. The van der Waals surface area contributed by atoms with Crippen LogP contribution >= 0.6 is 55.1 Å². The third-order valence-corrected chi connectivity index (χ3v) is 5.96. The van der Waals surface area contributed by atoms with Gasteiger partial charge in [-0.15, -0.1) is 0 Å². The number of benzene rings is 3. The second kappa shape index (κ2) is 14.0. The molecule has 0 atom stereocenters. The number of carbonyl (C=O) groups excluding carboxylic acids is 2. The Morgan fingerprint density at radius 1 is 0.722 bits per heavy atom. The standard InChI is InChI=1S/C24H18Br2Cl2N4O4/c25-19-9-17(27)5-7-21(19)35-13-23(33)31-29-11-15-1-2-16(4-3-15)12-30-32-24(34)14-36-22-8-6-18(28)10-20(22)26/h1-12H,13-14H2,(H,31,33)(H,32,34). The molecule has 2 N–H and O–H groups in total. The maximum atomic E-state index is 11.9. The first-order valence-corrected chi connectivity index (χ1v) is 12.5. The molecule has 186 valence electrons. The predicted molar refractivity (Wildman–Crippen MR) is 147 cm³/mol. The van der Waals surface area contributed by atoms with Crippen molar-refractivity contribution in [1.82, 2.24) is 10.9 Å². The van der Waals surface area contributed by atoms with Gasteiger partial charge >= 0.3 is 0 Å². The van der Waals surface area contributed by atoms with Crippen molar-refractivity contribution in [3.63, 3.8) is 0 Å². The molecule has 2 amide bonds. The number of carbonyl (C=O) groups is 2. The summed E-state index contributed by atoms with van der Waals surface area (Å²) in [6.45, 7) is -0.415. The van der Waals surface area contributed by atoms with Gasteiger partial charge in [0.15, 0.2) is 13.2 Å². The van der Waals surface area contributed by atoms with Crippen LogP contribution in [-0.2, 0) is 9.59 Å². The van der Waals surface area contributed by atoms with Gasteiger partial charge in [0, 0.05) is 10.0 Å². The van der Waals surface area contributed by atoms with Crippen molar-refractivity contribution in [3.05, 3.63) is 90.8 Å².